The number of phenols is 1. The number of aliphatic hydroxyl groups excluding tert-OH is 1. The second kappa shape index (κ2) is 9.54. The molecule has 1 heterocycles. The Morgan fingerprint density at radius 3 is 2.36 bits per heavy atom. The number of hydrogen-bond acceptors (Lipinski definition) is 12. The highest BCUT2D eigenvalue weighted by Crippen LogP contribution is 2.56. The monoisotopic (exact) mass is 576 g/mol. The minimum absolute atomic E-state index is 0.0828. The molecular formula is C29H32N6O7. The standard InChI is InChI=1S/C29H32N6O7/c1-12-6-7-13(11-32-12)15-9-17(34(2)3)16-8-14-10-28(31)25(35(4)5)23(38)20(27(30)40)26(39)29(28,41)24(33-42)18(14)22(37)19(16)21(15)36/h6-7,9,11,14,25,36,39,41H,8,10,31H2,1-5H3,(H2,30,40)/t14-,25+,28+,29-/m0/s1. The molecule has 5 rings (SSSR count). The molecule has 3 aliphatic carbocycles. The number of carbonyl (C=O) groups excluding carboxylic acids is 3. The fourth-order valence-electron chi connectivity index (χ4n) is 6.87. The fraction of sp³-hybridized carbons (Fsp3) is 0.379. The predicted molar refractivity (Wildman–Crippen MR) is 153 cm³/mol. The van der Waals surface area contributed by atoms with Gasteiger partial charge in [-0.2, -0.15) is 0 Å². The molecule has 0 unspecified atom stereocenters. The summed E-state index contributed by atoms with van der Waals surface area (Å²) in [5, 5.41) is 37.8. The summed E-state index contributed by atoms with van der Waals surface area (Å²) in [7, 11) is 6.52. The number of ketones is 2. The fourth-order valence-corrected chi connectivity index (χ4v) is 6.87. The van der Waals surface area contributed by atoms with Crippen molar-refractivity contribution < 1.29 is 29.7 Å². The number of allylic oxidation sites excluding steroid dienone is 1. The molecule has 1 aromatic carbocycles. The molecule has 3 aliphatic rings. The number of nitroso groups, excluding NO2 is 1. The number of anilines is 1. The van der Waals surface area contributed by atoms with E-state index in [2.05, 4.69) is 10.2 Å². The van der Waals surface area contributed by atoms with Crippen LogP contribution in [0.2, 0.25) is 0 Å². The molecule has 7 N–H and O–H groups in total. The van der Waals surface area contributed by atoms with Crippen LogP contribution in [0.15, 0.2) is 52.2 Å². The van der Waals surface area contributed by atoms with Crippen molar-refractivity contribution in [3.05, 3.63) is 68.7 Å². The molecule has 4 atom stereocenters. The van der Waals surface area contributed by atoms with Crippen molar-refractivity contribution in [3.8, 4) is 16.9 Å². The van der Waals surface area contributed by atoms with Gasteiger partial charge in [0.15, 0.2) is 17.2 Å². The summed E-state index contributed by atoms with van der Waals surface area (Å²) in [5.41, 5.74) is 7.73. The lowest BCUT2D eigenvalue weighted by Gasteiger charge is -2.56. The molecule has 13 heteroatoms. The maximum atomic E-state index is 14.3. The number of nitrogens with two attached hydrogens (primary N) is 2. The van der Waals surface area contributed by atoms with Crippen molar-refractivity contribution in [3.63, 3.8) is 0 Å². The Labute approximate surface area is 241 Å². The first kappa shape index (κ1) is 29.0. The SMILES string of the molecule is Cc1ccc(-c2cc(N(C)C)c3c(c2O)C(=O)C2=C(N=O)[C@]4(O)C(O)=C(C(N)=O)C(=O)[C@@H](N(C)C)[C@]4(N)C[C@@H]2C3)cn1. The maximum Gasteiger partial charge on any atom is 0.255 e. The number of benzene rings is 1. The molecule has 0 bridgehead atoms. The Balaban J connectivity index is 1.84. The molecule has 42 heavy (non-hydrogen) atoms. The number of aromatic nitrogens is 1. The minimum Gasteiger partial charge on any atom is -0.508 e. The van der Waals surface area contributed by atoms with E-state index in [9.17, 15) is 34.6 Å². The number of pyridine rings is 1. The molecule has 1 amide bonds. The first-order chi connectivity index (χ1) is 19.6. The maximum absolute atomic E-state index is 14.3. The lowest BCUT2D eigenvalue weighted by atomic mass is 9.54. The minimum atomic E-state index is -2.92. The predicted octanol–water partition coefficient (Wildman–Crippen LogP) is 0.847. The summed E-state index contributed by atoms with van der Waals surface area (Å²) < 4.78 is 0. The lowest BCUT2D eigenvalue weighted by Crippen LogP contribution is -2.78. The first-order valence-electron chi connectivity index (χ1n) is 13.2. The molecule has 1 aromatic heterocycles. The summed E-state index contributed by atoms with van der Waals surface area (Å²) in [6, 6.07) is 3.82. The van der Waals surface area contributed by atoms with Gasteiger partial charge in [0.2, 0.25) is 0 Å². The Morgan fingerprint density at radius 2 is 1.83 bits per heavy atom. The van der Waals surface area contributed by atoms with E-state index in [0.29, 0.717) is 22.4 Å². The van der Waals surface area contributed by atoms with Gasteiger partial charge in [0.25, 0.3) is 5.91 Å². The van der Waals surface area contributed by atoms with Crippen molar-refractivity contribution in [1.82, 2.24) is 9.88 Å². The van der Waals surface area contributed by atoms with Crippen LogP contribution in [-0.4, -0.2) is 88.0 Å². The van der Waals surface area contributed by atoms with E-state index in [1.165, 1.54) is 19.0 Å². The van der Waals surface area contributed by atoms with Crippen molar-refractivity contribution in [1.29, 1.82) is 0 Å². The van der Waals surface area contributed by atoms with E-state index in [-0.39, 0.29) is 29.7 Å². The number of rotatable bonds is 5. The number of aliphatic hydroxyl groups is 2. The molecule has 0 spiro atoms. The van der Waals surface area contributed by atoms with Crippen LogP contribution in [-0.2, 0) is 16.0 Å². The van der Waals surface area contributed by atoms with Crippen LogP contribution in [0.4, 0.5) is 5.69 Å². The van der Waals surface area contributed by atoms with Crippen LogP contribution in [0, 0.1) is 17.7 Å². The highest BCUT2D eigenvalue weighted by Gasteiger charge is 2.70. The lowest BCUT2D eigenvalue weighted by molar-refractivity contribution is -0.136. The number of nitrogens with zero attached hydrogens (tertiary/aromatic N) is 4. The van der Waals surface area contributed by atoms with Gasteiger partial charge in [0.05, 0.1) is 17.1 Å². The Bertz CT molecular complexity index is 1640. The van der Waals surface area contributed by atoms with Gasteiger partial charge in [-0.15, -0.1) is 4.91 Å². The van der Waals surface area contributed by atoms with Gasteiger partial charge < -0.3 is 31.7 Å². The van der Waals surface area contributed by atoms with E-state index >= 15 is 0 Å². The quantitative estimate of drug-likeness (QED) is 0.248. The number of aromatic hydroxyl groups is 1. The first-order valence-corrected chi connectivity index (χ1v) is 13.2. The van der Waals surface area contributed by atoms with E-state index in [0.717, 1.165) is 5.69 Å². The third-order valence-corrected chi connectivity index (χ3v) is 8.69. The number of aryl methyl sites for hydroxylation is 1. The number of Topliss-reactive ketones (excluding diaryl/α,β-unsaturated/α-hetero) is 2. The highest BCUT2D eigenvalue weighted by molar-refractivity contribution is 6.23. The summed E-state index contributed by atoms with van der Waals surface area (Å²) in [6.07, 6.45) is 1.38. The van der Waals surface area contributed by atoms with Crippen LogP contribution >= 0.6 is 0 Å². The van der Waals surface area contributed by atoms with Crippen molar-refractivity contribution in [2.45, 2.75) is 36.9 Å². The van der Waals surface area contributed by atoms with Crippen LogP contribution in [0.1, 0.15) is 28.0 Å². The van der Waals surface area contributed by atoms with Crippen molar-refractivity contribution >= 4 is 23.2 Å². The van der Waals surface area contributed by atoms with E-state index in [1.54, 1.807) is 43.4 Å². The number of primary amides is 1. The number of carbonyl (C=O) groups is 3. The van der Waals surface area contributed by atoms with E-state index < -0.39 is 57.6 Å². The largest absolute Gasteiger partial charge is 0.508 e. The molecule has 0 saturated heterocycles. The molecule has 0 aliphatic heterocycles. The van der Waals surface area contributed by atoms with Gasteiger partial charge in [-0.25, -0.2) is 0 Å². The Kier molecular flexibility index (Phi) is 6.60. The highest BCUT2D eigenvalue weighted by atomic mass is 16.3. The van der Waals surface area contributed by atoms with Gasteiger partial charge in [-0.1, -0.05) is 6.07 Å². The smallest absolute Gasteiger partial charge is 0.255 e. The number of phenolic OH excluding ortho intramolecular Hbond substituents is 1. The van der Waals surface area contributed by atoms with Gasteiger partial charge in [0.1, 0.15) is 22.8 Å². The van der Waals surface area contributed by atoms with Gasteiger partial charge >= 0.3 is 0 Å². The normalized spacial score (nSPS) is 27.0. The topological polar surface area (TPSA) is 213 Å². The molecule has 0 saturated carbocycles. The van der Waals surface area contributed by atoms with Crippen LogP contribution in [0.5, 0.6) is 5.75 Å². The molecular weight excluding hydrogens is 544 g/mol. The van der Waals surface area contributed by atoms with Crippen molar-refractivity contribution in [2.75, 3.05) is 33.1 Å². The second-order valence-electron chi connectivity index (χ2n) is 11.6. The van der Waals surface area contributed by atoms with Crippen LogP contribution in [0.25, 0.3) is 11.1 Å². The zero-order chi connectivity index (χ0) is 31.0. The van der Waals surface area contributed by atoms with E-state index in [4.69, 9.17) is 11.5 Å². The van der Waals surface area contributed by atoms with Gasteiger partial charge in [0, 0.05) is 48.4 Å². The average molecular weight is 577 g/mol. The zero-order valence-corrected chi connectivity index (χ0v) is 23.8. The summed E-state index contributed by atoms with van der Waals surface area (Å²) in [6.45, 7) is 1.81. The summed E-state index contributed by atoms with van der Waals surface area (Å²) in [4.78, 5) is 60.0. The average Bonchev–Trinajstić information content (AvgIpc) is 2.89. The molecule has 220 valence electrons. The van der Waals surface area contributed by atoms with Gasteiger partial charge in [-0.3, -0.25) is 24.3 Å². The number of likely N-dealkylation sites (N-methyl/N-ethyl adjacent to an activating group) is 1. The second-order valence-corrected chi connectivity index (χ2v) is 11.6. The molecule has 13 nitrogen and oxygen atoms in total. The van der Waals surface area contributed by atoms with Crippen LogP contribution < -0.4 is 16.4 Å². The van der Waals surface area contributed by atoms with E-state index in [1.807, 2.05) is 6.92 Å². The molecule has 0 radical (unpaired) electrons. The van der Waals surface area contributed by atoms with Crippen molar-refractivity contribution in [2.24, 2.45) is 22.6 Å². The Morgan fingerprint density at radius 1 is 1.17 bits per heavy atom. The Hall–Kier alpha value is -4.46. The molecule has 0 fully saturated rings. The number of fused-ring (bicyclic) bond motifs is 3. The number of amides is 1. The summed E-state index contributed by atoms with van der Waals surface area (Å²) in [5.74, 6) is -5.52. The summed E-state index contributed by atoms with van der Waals surface area (Å²) >= 11 is 0. The van der Waals surface area contributed by atoms with Gasteiger partial charge in [-0.05, 0) is 62.7 Å². The third-order valence-electron chi connectivity index (χ3n) is 8.69. The third kappa shape index (κ3) is 3.67. The zero-order valence-electron chi connectivity index (χ0n) is 23.8. The number of hydrogen-bond donors (Lipinski definition) is 5. The molecule has 2 aromatic rings. The van der Waals surface area contributed by atoms with Crippen LogP contribution in [0.3, 0.4) is 0 Å².